The Morgan fingerprint density at radius 2 is 2.08 bits per heavy atom. The number of rotatable bonds is 3. The van der Waals surface area contributed by atoms with Crippen LogP contribution in [0.25, 0.3) is 0 Å². The standard InChI is InChI=1S/C11H22N2/c1-2-3-9-6-10(12)8-13(7-9)11-4-5-11/h9-11H,2-8,12H2,1H3. The van der Waals surface area contributed by atoms with E-state index >= 15 is 0 Å². The molecule has 2 N–H and O–H groups in total. The second kappa shape index (κ2) is 3.97. The summed E-state index contributed by atoms with van der Waals surface area (Å²) in [6, 6.07) is 1.36. The van der Waals surface area contributed by atoms with Crippen LogP contribution >= 0.6 is 0 Å². The molecule has 2 atom stereocenters. The summed E-state index contributed by atoms with van der Waals surface area (Å²) in [5.41, 5.74) is 6.07. The maximum atomic E-state index is 6.07. The Morgan fingerprint density at radius 1 is 1.31 bits per heavy atom. The third kappa shape index (κ3) is 2.44. The first-order valence-corrected chi connectivity index (χ1v) is 5.79. The van der Waals surface area contributed by atoms with Crippen molar-refractivity contribution in [2.75, 3.05) is 13.1 Å². The summed E-state index contributed by atoms with van der Waals surface area (Å²) in [6.07, 6.45) is 6.79. The molecule has 2 fully saturated rings. The third-order valence-electron chi connectivity index (χ3n) is 3.36. The molecule has 0 aromatic heterocycles. The zero-order valence-electron chi connectivity index (χ0n) is 8.71. The van der Waals surface area contributed by atoms with Crippen molar-refractivity contribution >= 4 is 0 Å². The zero-order chi connectivity index (χ0) is 9.26. The molecule has 1 saturated heterocycles. The first kappa shape index (κ1) is 9.47. The number of likely N-dealkylation sites (tertiary alicyclic amines) is 1. The van der Waals surface area contributed by atoms with Gasteiger partial charge in [0.1, 0.15) is 0 Å². The van der Waals surface area contributed by atoms with Crippen LogP contribution < -0.4 is 5.73 Å². The van der Waals surface area contributed by atoms with Crippen LogP contribution in [0.4, 0.5) is 0 Å². The Hall–Kier alpha value is -0.0800. The molecule has 2 rings (SSSR count). The molecule has 13 heavy (non-hydrogen) atoms. The summed E-state index contributed by atoms with van der Waals surface area (Å²) in [6.45, 7) is 4.76. The van der Waals surface area contributed by atoms with Gasteiger partial charge in [0.15, 0.2) is 0 Å². The van der Waals surface area contributed by atoms with Gasteiger partial charge in [-0.05, 0) is 31.6 Å². The Morgan fingerprint density at radius 3 is 2.69 bits per heavy atom. The molecule has 1 aliphatic carbocycles. The van der Waals surface area contributed by atoms with Gasteiger partial charge >= 0.3 is 0 Å². The van der Waals surface area contributed by atoms with Gasteiger partial charge < -0.3 is 5.73 Å². The van der Waals surface area contributed by atoms with Crippen molar-refractivity contribution in [3.8, 4) is 0 Å². The predicted molar refractivity (Wildman–Crippen MR) is 55.6 cm³/mol. The molecule has 1 heterocycles. The van der Waals surface area contributed by atoms with Crippen molar-refractivity contribution in [1.82, 2.24) is 4.90 Å². The molecule has 2 unspecified atom stereocenters. The van der Waals surface area contributed by atoms with E-state index in [-0.39, 0.29) is 0 Å². The van der Waals surface area contributed by atoms with Crippen LogP contribution in [0.1, 0.15) is 39.0 Å². The van der Waals surface area contributed by atoms with E-state index in [2.05, 4.69) is 11.8 Å². The summed E-state index contributed by atoms with van der Waals surface area (Å²) in [5, 5.41) is 0. The van der Waals surface area contributed by atoms with Crippen LogP contribution in [-0.2, 0) is 0 Å². The molecule has 1 saturated carbocycles. The molecule has 0 bridgehead atoms. The van der Waals surface area contributed by atoms with Gasteiger partial charge in [-0.3, -0.25) is 4.90 Å². The zero-order valence-corrected chi connectivity index (χ0v) is 8.71. The van der Waals surface area contributed by atoms with Crippen molar-refractivity contribution in [2.24, 2.45) is 11.7 Å². The minimum absolute atomic E-state index is 0.450. The molecule has 76 valence electrons. The van der Waals surface area contributed by atoms with Gasteiger partial charge in [-0.1, -0.05) is 13.3 Å². The van der Waals surface area contributed by atoms with Crippen LogP contribution in [-0.4, -0.2) is 30.1 Å². The van der Waals surface area contributed by atoms with Crippen molar-refractivity contribution in [3.63, 3.8) is 0 Å². The average Bonchev–Trinajstić information content (AvgIpc) is 2.85. The van der Waals surface area contributed by atoms with E-state index in [9.17, 15) is 0 Å². The van der Waals surface area contributed by atoms with Crippen LogP contribution in [0.2, 0.25) is 0 Å². The topological polar surface area (TPSA) is 29.3 Å². The number of piperidine rings is 1. The molecule has 2 heteroatoms. The lowest BCUT2D eigenvalue weighted by molar-refractivity contribution is 0.143. The lowest BCUT2D eigenvalue weighted by atomic mass is 9.91. The van der Waals surface area contributed by atoms with Crippen molar-refractivity contribution < 1.29 is 0 Å². The Bertz CT molecular complexity index is 165. The van der Waals surface area contributed by atoms with Gasteiger partial charge in [-0.2, -0.15) is 0 Å². The fourth-order valence-corrected chi connectivity index (χ4v) is 2.64. The number of nitrogens with two attached hydrogens (primary N) is 1. The number of hydrogen-bond acceptors (Lipinski definition) is 2. The Labute approximate surface area is 81.5 Å². The van der Waals surface area contributed by atoms with Crippen LogP contribution in [0.3, 0.4) is 0 Å². The molecule has 0 aromatic rings. The highest BCUT2D eigenvalue weighted by Crippen LogP contribution is 2.31. The SMILES string of the molecule is CCCC1CC(N)CN(C2CC2)C1. The molecular formula is C11H22N2. The lowest BCUT2D eigenvalue weighted by Crippen LogP contribution is -2.47. The van der Waals surface area contributed by atoms with Crippen LogP contribution in [0.15, 0.2) is 0 Å². The highest BCUT2D eigenvalue weighted by Gasteiger charge is 2.34. The maximum absolute atomic E-state index is 6.07. The van der Waals surface area contributed by atoms with E-state index in [1.54, 1.807) is 0 Å². The summed E-state index contributed by atoms with van der Waals surface area (Å²) >= 11 is 0. The van der Waals surface area contributed by atoms with Gasteiger partial charge in [0.2, 0.25) is 0 Å². The van der Waals surface area contributed by atoms with E-state index in [0.29, 0.717) is 6.04 Å². The van der Waals surface area contributed by atoms with E-state index in [0.717, 1.165) is 18.5 Å². The minimum atomic E-state index is 0.450. The Kier molecular flexibility index (Phi) is 2.89. The number of hydrogen-bond donors (Lipinski definition) is 1. The van der Waals surface area contributed by atoms with Crippen molar-refractivity contribution in [2.45, 2.75) is 51.1 Å². The molecule has 0 amide bonds. The van der Waals surface area contributed by atoms with Crippen molar-refractivity contribution in [1.29, 1.82) is 0 Å². The Balaban J connectivity index is 1.84. The highest BCUT2D eigenvalue weighted by molar-refractivity contribution is 4.91. The molecular weight excluding hydrogens is 160 g/mol. The molecule has 0 radical (unpaired) electrons. The summed E-state index contributed by atoms with van der Waals surface area (Å²) in [4.78, 5) is 2.63. The maximum Gasteiger partial charge on any atom is 0.0171 e. The monoisotopic (exact) mass is 182 g/mol. The second-order valence-corrected chi connectivity index (χ2v) is 4.84. The fraction of sp³-hybridized carbons (Fsp3) is 1.00. The normalized spacial score (nSPS) is 36.5. The van der Waals surface area contributed by atoms with Crippen LogP contribution in [0.5, 0.6) is 0 Å². The second-order valence-electron chi connectivity index (χ2n) is 4.84. The molecule has 2 nitrogen and oxygen atoms in total. The van der Waals surface area contributed by atoms with E-state index in [1.807, 2.05) is 0 Å². The first-order valence-electron chi connectivity index (χ1n) is 5.79. The third-order valence-corrected chi connectivity index (χ3v) is 3.36. The van der Waals surface area contributed by atoms with Gasteiger partial charge in [0.05, 0.1) is 0 Å². The quantitative estimate of drug-likeness (QED) is 0.718. The molecule has 2 aliphatic rings. The van der Waals surface area contributed by atoms with Gasteiger partial charge in [0.25, 0.3) is 0 Å². The van der Waals surface area contributed by atoms with Gasteiger partial charge in [-0.15, -0.1) is 0 Å². The smallest absolute Gasteiger partial charge is 0.0171 e. The fourth-order valence-electron chi connectivity index (χ4n) is 2.64. The summed E-state index contributed by atoms with van der Waals surface area (Å²) < 4.78 is 0. The predicted octanol–water partition coefficient (Wildman–Crippen LogP) is 1.60. The largest absolute Gasteiger partial charge is 0.327 e. The average molecular weight is 182 g/mol. The van der Waals surface area contributed by atoms with E-state index < -0.39 is 0 Å². The molecule has 1 aliphatic heterocycles. The van der Waals surface area contributed by atoms with E-state index in [1.165, 1.54) is 38.6 Å². The van der Waals surface area contributed by atoms with Gasteiger partial charge in [-0.25, -0.2) is 0 Å². The van der Waals surface area contributed by atoms with Crippen LogP contribution in [0, 0.1) is 5.92 Å². The lowest BCUT2D eigenvalue weighted by Gasteiger charge is -2.36. The summed E-state index contributed by atoms with van der Waals surface area (Å²) in [5.74, 6) is 0.884. The van der Waals surface area contributed by atoms with Gasteiger partial charge in [0, 0.05) is 25.2 Å². The highest BCUT2D eigenvalue weighted by atomic mass is 15.2. The first-order chi connectivity index (χ1) is 6.29. The number of nitrogens with zero attached hydrogens (tertiary/aromatic N) is 1. The molecule has 0 spiro atoms. The van der Waals surface area contributed by atoms with E-state index in [4.69, 9.17) is 5.73 Å². The minimum Gasteiger partial charge on any atom is -0.327 e. The molecule has 0 aromatic carbocycles. The van der Waals surface area contributed by atoms with Crippen molar-refractivity contribution in [3.05, 3.63) is 0 Å². The summed E-state index contributed by atoms with van der Waals surface area (Å²) in [7, 11) is 0.